The van der Waals surface area contributed by atoms with Crippen LogP contribution in [0.15, 0.2) is 54.7 Å². The highest BCUT2D eigenvalue weighted by atomic mass is 16.6. The predicted octanol–water partition coefficient (Wildman–Crippen LogP) is 4.94. The lowest BCUT2D eigenvalue weighted by atomic mass is 10.1. The summed E-state index contributed by atoms with van der Waals surface area (Å²) in [5, 5.41) is 12.2. The second-order valence-electron chi connectivity index (χ2n) is 8.36. The third kappa shape index (κ3) is 6.20. The molecule has 1 aromatic heterocycles. The van der Waals surface area contributed by atoms with Crippen LogP contribution in [0.4, 0.5) is 10.5 Å². The standard InChI is InChI=1S/C25H25N3O5/c1-25(2,3)33-24(31)27-18-11-9-17(10-12-18)23(30)32-16-22(29)20-15-28(14-6-13-26)21-8-5-4-7-19(20)21/h4-5,7-12,15H,6,14,16H2,1-3H3,(H,27,31). The van der Waals surface area contributed by atoms with E-state index < -0.39 is 24.3 Å². The van der Waals surface area contributed by atoms with Gasteiger partial charge in [0.15, 0.2) is 6.61 Å². The summed E-state index contributed by atoms with van der Waals surface area (Å²) in [4.78, 5) is 37.0. The summed E-state index contributed by atoms with van der Waals surface area (Å²) < 4.78 is 12.2. The number of aromatic nitrogens is 1. The molecule has 8 heteroatoms. The van der Waals surface area contributed by atoms with Gasteiger partial charge in [0.1, 0.15) is 5.60 Å². The summed E-state index contributed by atoms with van der Waals surface area (Å²) in [5.41, 5.74) is 1.36. The first kappa shape index (κ1) is 23.5. The highest BCUT2D eigenvalue weighted by Crippen LogP contribution is 2.22. The Bertz CT molecular complexity index is 1210. The number of Topliss-reactive ketones (excluding diaryl/α,β-unsaturated/α-hetero) is 1. The second kappa shape index (κ2) is 10.0. The number of esters is 1. The summed E-state index contributed by atoms with van der Waals surface area (Å²) in [6.45, 7) is 5.34. The van der Waals surface area contributed by atoms with Gasteiger partial charge >= 0.3 is 12.1 Å². The van der Waals surface area contributed by atoms with Crippen molar-refractivity contribution in [1.29, 1.82) is 5.26 Å². The predicted molar refractivity (Wildman–Crippen MR) is 123 cm³/mol. The van der Waals surface area contributed by atoms with Gasteiger partial charge in [-0.25, -0.2) is 9.59 Å². The maximum absolute atomic E-state index is 12.8. The van der Waals surface area contributed by atoms with E-state index in [4.69, 9.17) is 14.7 Å². The first-order valence-corrected chi connectivity index (χ1v) is 10.4. The Morgan fingerprint density at radius 2 is 1.76 bits per heavy atom. The summed E-state index contributed by atoms with van der Waals surface area (Å²) >= 11 is 0. The number of benzene rings is 2. The largest absolute Gasteiger partial charge is 0.454 e. The van der Waals surface area contributed by atoms with Gasteiger partial charge in [0.25, 0.3) is 0 Å². The number of para-hydroxylation sites is 1. The Labute approximate surface area is 191 Å². The van der Waals surface area contributed by atoms with Crippen LogP contribution in [0, 0.1) is 11.3 Å². The van der Waals surface area contributed by atoms with E-state index in [2.05, 4.69) is 11.4 Å². The number of hydrogen-bond donors (Lipinski definition) is 1. The van der Waals surface area contributed by atoms with E-state index in [1.807, 2.05) is 28.8 Å². The van der Waals surface area contributed by atoms with Crippen molar-refractivity contribution in [2.24, 2.45) is 0 Å². The number of amides is 1. The van der Waals surface area contributed by atoms with Crippen LogP contribution in [-0.2, 0) is 16.0 Å². The summed E-state index contributed by atoms with van der Waals surface area (Å²) in [6, 6.07) is 15.6. The van der Waals surface area contributed by atoms with Crippen LogP contribution in [0.3, 0.4) is 0 Å². The monoisotopic (exact) mass is 447 g/mol. The number of hydrogen-bond acceptors (Lipinski definition) is 6. The zero-order chi connectivity index (χ0) is 24.0. The molecule has 0 unspecified atom stereocenters. The van der Waals surface area contributed by atoms with Crippen molar-refractivity contribution in [2.75, 3.05) is 11.9 Å². The minimum Gasteiger partial charge on any atom is -0.454 e. The number of nitrogens with one attached hydrogen (secondary N) is 1. The zero-order valence-corrected chi connectivity index (χ0v) is 18.8. The Balaban J connectivity index is 1.62. The van der Waals surface area contributed by atoms with Crippen molar-refractivity contribution in [1.82, 2.24) is 4.57 Å². The Kier molecular flexibility index (Phi) is 7.13. The summed E-state index contributed by atoms with van der Waals surface area (Å²) in [6.07, 6.45) is 1.41. The van der Waals surface area contributed by atoms with Gasteiger partial charge in [0, 0.05) is 34.9 Å². The second-order valence-corrected chi connectivity index (χ2v) is 8.36. The molecule has 3 aromatic rings. The molecule has 0 aliphatic rings. The van der Waals surface area contributed by atoms with Crippen LogP contribution in [0.25, 0.3) is 10.9 Å². The number of nitriles is 1. The van der Waals surface area contributed by atoms with Crippen LogP contribution in [0.5, 0.6) is 0 Å². The van der Waals surface area contributed by atoms with Crippen molar-refractivity contribution in [3.05, 3.63) is 65.9 Å². The van der Waals surface area contributed by atoms with Crippen molar-refractivity contribution in [2.45, 2.75) is 39.3 Å². The molecule has 0 aliphatic carbocycles. The molecular weight excluding hydrogens is 422 g/mol. The quantitative estimate of drug-likeness (QED) is 0.406. The normalized spacial score (nSPS) is 11.0. The molecule has 0 atom stereocenters. The number of carbonyl (C=O) groups excluding carboxylic acids is 3. The maximum Gasteiger partial charge on any atom is 0.412 e. The van der Waals surface area contributed by atoms with E-state index in [1.54, 1.807) is 39.1 Å². The number of fused-ring (bicyclic) bond motifs is 1. The first-order chi connectivity index (χ1) is 15.7. The molecule has 0 spiro atoms. The first-order valence-electron chi connectivity index (χ1n) is 10.4. The van der Waals surface area contributed by atoms with E-state index in [0.717, 1.165) is 10.9 Å². The Morgan fingerprint density at radius 1 is 1.06 bits per heavy atom. The molecule has 0 bridgehead atoms. The number of aryl methyl sites for hydroxylation is 1. The molecule has 2 aromatic carbocycles. The van der Waals surface area contributed by atoms with Crippen LogP contribution in [0.1, 0.15) is 47.9 Å². The lowest BCUT2D eigenvalue weighted by Crippen LogP contribution is -2.27. The molecule has 1 amide bonds. The van der Waals surface area contributed by atoms with E-state index in [9.17, 15) is 14.4 Å². The fraction of sp³-hybridized carbons (Fsp3) is 0.280. The molecule has 0 aliphatic heterocycles. The smallest absolute Gasteiger partial charge is 0.412 e. The Morgan fingerprint density at radius 3 is 2.42 bits per heavy atom. The van der Waals surface area contributed by atoms with Crippen molar-refractivity contribution >= 4 is 34.4 Å². The van der Waals surface area contributed by atoms with Crippen molar-refractivity contribution in [3.8, 4) is 6.07 Å². The van der Waals surface area contributed by atoms with Crippen LogP contribution < -0.4 is 5.32 Å². The third-order valence-electron chi connectivity index (χ3n) is 4.65. The van der Waals surface area contributed by atoms with Crippen LogP contribution in [-0.4, -0.2) is 34.6 Å². The average molecular weight is 447 g/mol. The SMILES string of the molecule is CC(C)(C)OC(=O)Nc1ccc(C(=O)OCC(=O)c2cn(CCC#N)c3ccccc23)cc1. The molecule has 1 heterocycles. The fourth-order valence-corrected chi connectivity index (χ4v) is 3.23. The number of rotatable bonds is 7. The number of anilines is 1. The van der Waals surface area contributed by atoms with E-state index in [0.29, 0.717) is 24.2 Å². The van der Waals surface area contributed by atoms with Gasteiger partial charge < -0.3 is 14.0 Å². The fourth-order valence-electron chi connectivity index (χ4n) is 3.23. The average Bonchev–Trinajstić information content (AvgIpc) is 3.14. The number of carbonyl (C=O) groups is 3. The van der Waals surface area contributed by atoms with Crippen LogP contribution >= 0.6 is 0 Å². The molecule has 0 radical (unpaired) electrons. The number of nitrogens with zero attached hydrogens (tertiary/aromatic N) is 2. The minimum atomic E-state index is -0.652. The van der Waals surface area contributed by atoms with Gasteiger partial charge in [-0.3, -0.25) is 10.1 Å². The molecule has 0 saturated carbocycles. The molecule has 8 nitrogen and oxygen atoms in total. The van der Waals surface area contributed by atoms with E-state index >= 15 is 0 Å². The van der Waals surface area contributed by atoms with Gasteiger partial charge in [-0.1, -0.05) is 18.2 Å². The van der Waals surface area contributed by atoms with Gasteiger partial charge in [-0.05, 0) is 51.1 Å². The molecular formula is C25H25N3O5. The zero-order valence-electron chi connectivity index (χ0n) is 18.8. The summed E-state index contributed by atoms with van der Waals surface area (Å²) in [7, 11) is 0. The Hall–Kier alpha value is -4.12. The highest BCUT2D eigenvalue weighted by molar-refractivity contribution is 6.09. The topological polar surface area (TPSA) is 110 Å². The van der Waals surface area contributed by atoms with Gasteiger partial charge in [0.2, 0.25) is 5.78 Å². The van der Waals surface area contributed by atoms with Crippen LogP contribution in [0.2, 0.25) is 0 Å². The minimum absolute atomic E-state index is 0.244. The van der Waals surface area contributed by atoms with Crippen molar-refractivity contribution < 1.29 is 23.9 Å². The van der Waals surface area contributed by atoms with Gasteiger partial charge in [0.05, 0.1) is 18.1 Å². The molecule has 3 rings (SSSR count). The van der Waals surface area contributed by atoms with Gasteiger partial charge in [-0.2, -0.15) is 5.26 Å². The lowest BCUT2D eigenvalue weighted by molar-refractivity contribution is 0.0475. The molecule has 0 saturated heterocycles. The van der Waals surface area contributed by atoms with E-state index in [-0.39, 0.29) is 11.3 Å². The number of ketones is 1. The summed E-state index contributed by atoms with van der Waals surface area (Å²) in [5.74, 6) is -0.987. The molecule has 1 N–H and O–H groups in total. The van der Waals surface area contributed by atoms with Gasteiger partial charge in [-0.15, -0.1) is 0 Å². The molecule has 33 heavy (non-hydrogen) atoms. The van der Waals surface area contributed by atoms with Crippen molar-refractivity contribution in [3.63, 3.8) is 0 Å². The lowest BCUT2D eigenvalue weighted by Gasteiger charge is -2.19. The highest BCUT2D eigenvalue weighted by Gasteiger charge is 2.18. The third-order valence-corrected chi connectivity index (χ3v) is 4.65. The van der Waals surface area contributed by atoms with E-state index in [1.165, 1.54) is 12.1 Å². The number of ether oxygens (including phenoxy) is 2. The maximum atomic E-state index is 12.8. The molecule has 170 valence electrons. The molecule has 0 fully saturated rings.